The summed E-state index contributed by atoms with van der Waals surface area (Å²) in [6.07, 6.45) is 0.0995. The SMILES string of the molecule is O=C(O)[C@H](Cc1ccccc1)N1C(=O)C2C3c4ccccc4C(c4ccccc43)C2C1=O. The maximum absolute atomic E-state index is 13.7. The van der Waals surface area contributed by atoms with E-state index < -0.39 is 23.8 Å². The van der Waals surface area contributed by atoms with Gasteiger partial charge >= 0.3 is 5.97 Å². The molecule has 4 aliphatic rings. The van der Waals surface area contributed by atoms with E-state index in [2.05, 4.69) is 0 Å². The number of benzene rings is 3. The molecule has 3 aromatic rings. The number of carboxylic acid groups (broad SMARTS) is 1. The normalized spacial score (nSPS) is 25.8. The molecule has 1 saturated heterocycles. The standard InChI is InChI=1S/C27H21NO4/c29-25-23-21-16-10-4-5-11-17(16)22(19-13-7-6-12-18(19)21)24(23)26(30)28(25)20(27(31)32)14-15-8-2-1-3-9-15/h1-13,20-24H,14H2,(H,31,32)/t20-,21?,22?,23?,24?/m0/s1. The number of imide groups is 1. The first-order valence-electron chi connectivity index (χ1n) is 10.9. The molecular weight excluding hydrogens is 402 g/mol. The van der Waals surface area contributed by atoms with Crippen molar-refractivity contribution in [2.45, 2.75) is 24.3 Å². The van der Waals surface area contributed by atoms with E-state index in [9.17, 15) is 19.5 Å². The number of nitrogens with zero attached hydrogens (tertiary/aromatic N) is 1. The zero-order chi connectivity index (χ0) is 22.0. The highest BCUT2D eigenvalue weighted by Crippen LogP contribution is 2.61. The van der Waals surface area contributed by atoms with Gasteiger partial charge in [0.05, 0.1) is 11.8 Å². The highest BCUT2D eigenvalue weighted by molar-refractivity contribution is 6.10. The summed E-state index contributed by atoms with van der Waals surface area (Å²) in [6.45, 7) is 0. The molecule has 1 fully saturated rings. The van der Waals surface area contributed by atoms with Crippen LogP contribution in [0.5, 0.6) is 0 Å². The molecule has 7 rings (SSSR count). The number of carbonyl (C=O) groups is 3. The van der Waals surface area contributed by atoms with E-state index >= 15 is 0 Å². The first kappa shape index (κ1) is 19.0. The number of hydrogen-bond donors (Lipinski definition) is 1. The maximum Gasteiger partial charge on any atom is 0.327 e. The summed E-state index contributed by atoms with van der Waals surface area (Å²) in [5.41, 5.74) is 5.10. The Labute approximate surface area is 185 Å². The quantitative estimate of drug-likeness (QED) is 0.651. The van der Waals surface area contributed by atoms with E-state index in [1.165, 1.54) is 0 Å². The van der Waals surface area contributed by atoms with Gasteiger partial charge in [-0.05, 0) is 27.8 Å². The Balaban J connectivity index is 1.47. The average Bonchev–Trinajstić information content (AvgIpc) is 3.08. The Morgan fingerprint density at radius 3 is 1.53 bits per heavy atom. The van der Waals surface area contributed by atoms with Gasteiger partial charge in [0.25, 0.3) is 0 Å². The monoisotopic (exact) mass is 423 g/mol. The van der Waals surface area contributed by atoms with Gasteiger partial charge in [0, 0.05) is 18.3 Å². The van der Waals surface area contributed by atoms with Crippen molar-refractivity contribution in [2.24, 2.45) is 11.8 Å². The molecule has 0 radical (unpaired) electrons. The van der Waals surface area contributed by atoms with Crippen LogP contribution in [0.15, 0.2) is 78.9 Å². The summed E-state index contributed by atoms with van der Waals surface area (Å²) in [7, 11) is 0. The third-order valence-electron chi connectivity index (χ3n) is 7.35. The minimum atomic E-state index is -1.21. The number of likely N-dealkylation sites (tertiary alicyclic amines) is 1. The lowest BCUT2D eigenvalue weighted by Crippen LogP contribution is -2.47. The summed E-state index contributed by atoms with van der Waals surface area (Å²) in [6, 6.07) is 24.0. The number of carbonyl (C=O) groups excluding carboxylic acids is 2. The molecule has 2 unspecified atom stereocenters. The van der Waals surface area contributed by atoms with Crippen LogP contribution in [0.1, 0.15) is 39.7 Å². The Morgan fingerprint density at radius 2 is 1.12 bits per heavy atom. The summed E-state index contributed by atoms with van der Waals surface area (Å²) >= 11 is 0. The maximum atomic E-state index is 13.7. The summed E-state index contributed by atoms with van der Waals surface area (Å²) in [5, 5.41) is 10.0. The Bertz CT molecular complexity index is 1150. The molecule has 158 valence electrons. The summed E-state index contributed by atoms with van der Waals surface area (Å²) in [5.74, 6) is -3.46. The average molecular weight is 423 g/mol. The molecule has 2 amide bonds. The highest BCUT2D eigenvalue weighted by Gasteiger charge is 2.63. The van der Waals surface area contributed by atoms with Gasteiger partial charge < -0.3 is 5.11 Å². The van der Waals surface area contributed by atoms with E-state index in [-0.39, 0.29) is 30.1 Å². The predicted molar refractivity (Wildman–Crippen MR) is 117 cm³/mol. The number of aliphatic carboxylic acids is 1. The molecule has 1 heterocycles. The molecule has 2 bridgehead atoms. The van der Waals surface area contributed by atoms with E-state index in [0.29, 0.717) is 0 Å². The lowest BCUT2D eigenvalue weighted by molar-refractivity contribution is -0.155. The van der Waals surface area contributed by atoms with Crippen molar-refractivity contribution < 1.29 is 19.5 Å². The van der Waals surface area contributed by atoms with Gasteiger partial charge in [-0.25, -0.2) is 4.79 Å². The fraction of sp³-hybridized carbons (Fsp3) is 0.222. The molecule has 5 nitrogen and oxygen atoms in total. The molecule has 1 N–H and O–H groups in total. The Kier molecular flexibility index (Phi) is 4.09. The smallest absolute Gasteiger partial charge is 0.327 e. The minimum absolute atomic E-state index is 0.0995. The predicted octanol–water partition coefficient (Wildman–Crippen LogP) is 3.57. The van der Waals surface area contributed by atoms with Crippen molar-refractivity contribution in [2.75, 3.05) is 0 Å². The number of hydrogen-bond acceptors (Lipinski definition) is 3. The van der Waals surface area contributed by atoms with Crippen LogP contribution in [0.2, 0.25) is 0 Å². The van der Waals surface area contributed by atoms with Crippen molar-refractivity contribution >= 4 is 17.8 Å². The highest BCUT2D eigenvalue weighted by atomic mass is 16.4. The number of carboxylic acids is 1. The summed E-state index contributed by atoms with van der Waals surface area (Å²) < 4.78 is 0. The summed E-state index contributed by atoms with van der Waals surface area (Å²) in [4.78, 5) is 40.8. The van der Waals surface area contributed by atoms with E-state index in [1.807, 2.05) is 78.9 Å². The van der Waals surface area contributed by atoms with Crippen molar-refractivity contribution in [3.63, 3.8) is 0 Å². The third-order valence-corrected chi connectivity index (χ3v) is 7.35. The minimum Gasteiger partial charge on any atom is -0.480 e. The van der Waals surface area contributed by atoms with Gasteiger partial charge in [0.1, 0.15) is 6.04 Å². The van der Waals surface area contributed by atoms with Crippen molar-refractivity contribution in [3.05, 3.63) is 107 Å². The molecule has 3 aromatic carbocycles. The topological polar surface area (TPSA) is 74.7 Å². The molecule has 32 heavy (non-hydrogen) atoms. The van der Waals surface area contributed by atoms with E-state index in [0.717, 1.165) is 32.7 Å². The largest absolute Gasteiger partial charge is 0.480 e. The fourth-order valence-corrected chi connectivity index (χ4v) is 6.13. The van der Waals surface area contributed by atoms with Gasteiger partial charge in [-0.1, -0.05) is 78.9 Å². The second kappa shape index (κ2) is 6.89. The Morgan fingerprint density at radius 1 is 0.719 bits per heavy atom. The Hall–Kier alpha value is -3.73. The second-order valence-electron chi connectivity index (χ2n) is 8.85. The third kappa shape index (κ3) is 2.48. The molecule has 3 aliphatic carbocycles. The van der Waals surface area contributed by atoms with Crippen LogP contribution in [0.25, 0.3) is 0 Å². The van der Waals surface area contributed by atoms with Gasteiger partial charge in [-0.15, -0.1) is 0 Å². The van der Waals surface area contributed by atoms with Crippen LogP contribution >= 0.6 is 0 Å². The van der Waals surface area contributed by atoms with Gasteiger partial charge in [-0.3, -0.25) is 14.5 Å². The zero-order valence-electron chi connectivity index (χ0n) is 17.2. The zero-order valence-corrected chi connectivity index (χ0v) is 17.2. The van der Waals surface area contributed by atoms with E-state index in [4.69, 9.17) is 0 Å². The lowest BCUT2D eigenvalue weighted by Gasteiger charge is -2.45. The van der Waals surface area contributed by atoms with Crippen molar-refractivity contribution in [1.29, 1.82) is 0 Å². The number of amides is 2. The van der Waals surface area contributed by atoms with Crippen LogP contribution in [0, 0.1) is 11.8 Å². The van der Waals surface area contributed by atoms with Crippen LogP contribution in [0.3, 0.4) is 0 Å². The first-order chi connectivity index (χ1) is 15.6. The molecule has 1 aliphatic heterocycles. The van der Waals surface area contributed by atoms with Gasteiger partial charge in [0.2, 0.25) is 11.8 Å². The molecule has 0 spiro atoms. The first-order valence-corrected chi connectivity index (χ1v) is 10.9. The van der Waals surface area contributed by atoms with Gasteiger partial charge in [-0.2, -0.15) is 0 Å². The molecule has 3 atom stereocenters. The molecular formula is C27H21NO4. The van der Waals surface area contributed by atoms with Crippen LogP contribution in [0.4, 0.5) is 0 Å². The fourth-order valence-electron chi connectivity index (χ4n) is 6.13. The van der Waals surface area contributed by atoms with Crippen LogP contribution in [-0.4, -0.2) is 33.8 Å². The molecule has 5 heteroatoms. The van der Waals surface area contributed by atoms with Gasteiger partial charge in [0.15, 0.2) is 0 Å². The van der Waals surface area contributed by atoms with Crippen molar-refractivity contribution in [3.8, 4) is 0 Å². The second-order valence-corrected chi connectivity index (χ2v) is 8.85. The molecule has 0 aromatic heterocycles. The lowest BCUT2D eigenvalue weighted by atomic mass is 9.55. The van der Waals surface area contributed by atoms with Crippen molar-refractivity contribution in [1.82, 2.24) is 4.90 Å². The number of rotatable bonds is 4. The van der Waals surface area contributed by atoms with Crippen LogP contribution in [-0.2, 0) is 20.8 Å². The van der Waals surface area contributed by atoms with E-state index in [1.54, 1.807) is 0 Å². The van der Waals surface area contributed by atoms with Crippen LogP contribution < -0.4 is 0 Å². The molecule has 0 saturated carbocycles.